The zero-order valence-electron chi connectivity index (χ0n) is 12.9. The van der Waals surface area contributed by atoms with Crippen LogP contribution in [0.25, 0.3) is 0 Å². The molecule has 0 amide bonds. The second kappa shape index (κ2) is 6.95. The summed E-state index contributed by atoms with van der Waals surface area (Å²) < 4.78 is 1.09. The second-order valence-electron chi connectivity index (χ2n) is 5.45. The smallest absolute Gasteiger partial charge is 0.0594 e. The fourth-order valence-corrected chi connectivity index (χ4v) is 3.24. The van der Waals surface area contributed by atoms with Gasteiger partial charge in [0.25, 0.3) is 0 Å². The Kier molecular flexibility index (Phi) is 5.48. The summed E-state index contributed by atoms with van der Waals surface area (Å²) in [6.45, 7) is 9.37. The summed E-state index contributed by atoms with van der Waals surface area (Å²) in [7, 11) is 0. The van der Waals surface area contributed by atoms with Gasteiger partial charge in [0.1, 0.15) is 0 Å². The number of halogens is 2. The van der Waals surface area contributed by atoms with Crippen molar-refractivity contribution in [1.82, 2.24) is 5.32 Å². The van der Waals surface area contributed by atoms with E-state index < -0.39 is 0 Å². The molecule has 2 rings (SSSR count). The van der Waals surface area contributed by atoms with E-state index in [1.165, 1.54) is 22.3 Å². The van der Waals surface area contributed by atoms with Gasteiger partial charge in [-0.1, -0.05) is 46.6 Å². The Morgan fingerprint density at radius 1 is 1.00 bits per heavy atom. The van der Waals surface area contributed by atoms with Crippen LogP contribution in [0.4, 0.5) is 0 Å². The van der Waals surface area contributed by atoms with Gasteiger partial charge in [-0.15, -0.1) is 0 Å². The van der Waals surface area contributed by atoms with E-state index in [2.05, 4.69) is 79.3 Å². The lowest BCUT2D eigenvalue weighted by molar-refractivity contribution is 0.627. The van der Waals surface area contributed by atoms with Crippen molar-refractivity contribution in [3.05, 3.63) is 67.6 Å². The molecule has 1 atom stereocenters. The molecule has 0 radical (unpaired) electrons. The maximum atomic E-state index is 6.52. The number of benzene rings is 2. The van der Waals surface area contributed by atoms with Gasteiger partial charge in [-0.05, 0) is 73.3 Å². The largest absolute Gasteiger partial charge is 0.306 e. The number of rotatable bonds is 4. The summed E-state index contributed by atoms with van der Waals surface area (Å²) in [6.07, 6.45) is 0. The summed E-state index contributed by atoms with van der Waals surface area (Å²) in [5.41, 5.74) is 6.16. The molecule has 1 N–H and O–H groups in total. The van der Waals surface area contributed by atoms with Crippen molar-refractivity contribution in [3.63, 3.8) is 0 Å². The summed E-state index contributed by atoms with van der Waals surface area (Å²) in [5.74, 6) is 0. The maximum Gasteiger partial charge on any atom is 0.0594 e. The van der Waals surface area contributed by atoms with E-state index in [-0.39, 0.29) is 6.04 Å². The van der Waals surface area contributed by atoms with Gasteiger partial charge in [0.15, 0.2) is 0 Å². The first kappa shape index (κ1) is 16.5. The van der Waals surface area contributed by atoms with Crippen molar-refractivity contribution in [2.45, 2.75) is 33.7 Å². The second-order valence-corrected chi connectivity index (χ2v) is 6.77. The Balaban J connectivity index is 2.58. The molecule has 0 spiro atoms. The predicted molar refractivity (Wildman–Crippen MR) is 95.3 cm³/mol. The Morgan fingerprint density at radius 3 is 2.33 bits per heavy atom. The highest BCUT2D eigenvalue weighted by molar-refractivity contribution is 9.10. The van der Waals surface area contributed by atoms with Gasteiger partial charge in [0.2, 0.25) is 0 Å². The van der Waals surface area contributed by atoms with E-state index in [1.807, 2.05) is 0 Å². The molecule has 0 aliphatic heterocycles. The molecule has 0 saturated heterocycles. The molecule has 112 valence electrons. The molecule has 0 aromatic heterocycles. The van der Waals surface area contributed by atoms with Crippen molar-refractivity contribution < 1.29 is 0 Å². The van der Waals surface area contributed by atoms with Crippen molar-refractivity contribution in [2.75, 3.05) is 6.54 Å². The third-order valence-electron chi connectivity index (χ3n) is 3.88. The minimum Gasteiger partial charge on any atom is -0.306 e. The molecule has 0 heterocycles. The van der Waals surface area contributed by atoms with Gasteiger partial charge in [-0.2, -0.15) is 0 Å². The van der Waals surface area contributed by atoms with Crippen molar-refractivity contribution in [1.29, 1.82) is 0 Å². The van der Waals surface area contributed by atoms with Crippen molar-refractivity contribution in [2.24, 2.45) is 0 Å². The lowest BCUT2D eigenvalue weighted by atomic mass is 9.93. The predicted octanol–water partition coefficient (Wildman–Crippen LogP) is 5.73. The highest BCUT2D eigenvalue weighted by atomic mass is 79.9. The van der Waals surface area contributed by atoms with Gasteiger partial charge >= 0.3 is 0 Å². The normalized spacial score (nSPS) is 12.5. The molecule has 2 aromatic rings. The average Bonchev–Trinajstić information content (AvgIpc) is 2.43. The van der Waals surface area contributed by atoms with Gasteiger partial charge in [0, 0.05) is 9.50 Å². The van der Waals surface area contributed by atoms with Gasteiger partial charge in [-0.25, -0.2) is 0 Å². The van der Waals surface area contributed by atoms with Crippen molar-refractivity contribution >= 4 is 27.5 Å². The molecule has 1 unspecified atom stereocenters. The van der Waals surface area contributed by atoms with Crippen LogP contribution >= 0.6 is 27.5 Å². The minimum atomic E-state index is 0.110. The highest BCUT2D eigenvalue weighted by Gasteiger charge is 2.19. The average molecular weight is 367 g/mol. The Labute approximate surface area is 140 Å². The zero-order valence-corrected chi connectivity index (χ0v) is 15.3. The third-order valence-corrected chi connectivity index (χ3v) is 4.71. The lowest BCUT2D eigenvalue weighted by Gasteiger charge is -2.23. The van der Waals surface area contributed by atoms with Crippen LogP contribution in [0.5, 0.6) is 0 Å². The fraction of sp³-hybridized carbons (Fsp3) is 0.333. The molecule has 0 fully saturated rings. The van der Waals surface area contributed by atoms with Crippen LogP contribution in [0.2, 0.25) is 5.02 Å². The van der Waals surface area contributed by atoms with Crippen LogP contribution in [0, 0.1) is 20.8 Å². The van der Waals surface area contributed by atoms with Gasteiger partial charge in [-0.3, -0.25) is 0 Å². The van der Waals surface area contributed by atoms with Crippen LogP contribution < -0.4 is 5.32 Å². The van der Waals surface area contributed by atoms with Gasteiger partial charge < -0.3 is 5.32 Å². The molecule has 21 heavy (non-hydrogen) atoms. The van der Waals surface area contributed by atoms with Crippen LogP contribution in [-0.4, -0.2) is 6.54 Å². The first-order valence-electron chi connectivity index (χ1n) is 7.20. The van der Waals surface area contributed by atoms with E-state index in [1.54, 1.807) is 0 Å². The van der Waals surface area contributed by atoms with E-state index >= 15 is 0 Å². The molecule has 0 aliphatic carbocycles. The Hall–Kier alpha value is -0.830. The zero-order chi connectivity index (χ0) is 15.6. The topological polar surface area (TPSA) is 12.0 Å². The number of hydrogen-bond donors (Lipinski definition) is 1. The third kappa shape index (κ3) is 3.68. The summed E-state index contributed by atoms with van der Waals surface area (Å²) in [6, 6.07) is 10.8. The summed E-state index contributed by atoms with van der Waals surface area (Å²) >= 11 is 10.1. The van der Waals surface area contributed by atoms with Crippen LogP contribution in [-0.2, 0) is 0 Å². The number of aryl methyl sites for hydroxylation is 3. The molecule has 0 aliphatic rings. The summed E-state index contributed by atoms with van der Waals surface area (Å²) in [4.78, 5) is 0. The standard InChI is InChI=1S/C18H21BrClN/c1-5-21-18(15-10-14(19)7-6-11(15)2)16-8-12(3)13(4)9-17(16)20/h6-10,18,21H,5H2,1-4H3. The monoisotopic (exact) mass is 365 g/mol. The maximum absolute atomic E-state index is 6.52. The fourth-order valence-electron chi connectivity index (χ4n) is 2.54. The van der Waals surface area contributed by atoms with E-state index in [9.17, 15) is 0 Å². The lowest BCUT2D eigenvalue weighted by Crippen LogP contribution is -2.23. The highest BCUT2D eigenvalue weighted by Crippen LogP contribution is 2.33. The van der Waals surface area contributed by atoms with Gasteiger partial charge in [0.05, 0.1) is 6.04 Å². The minimum absolute atomic E-state index is 0.110. The first-order valence-corrected chi connectivity index (χ1v) is 8.37. The first-order chi connectivity index (χ1) is 9.93. The van der Waals surface area contributed by atoms with E-state index in [0.29, 0.717) is 0 Å². The molecule has 0 saturated carbocycles. The molecule has 2 aromatic carbocycles. The quantitative estimate of drug-likeness (QED) is 0.729. The van der Waals surface area contributed by atoms with E-state index in [0.717, 1.165) is 21.6 Å². The molecular weight excluding hydrogens is 346 g/mol. The molecule has 3 heteroatoms. The number of nitrogens with one attached hydrogen (secondary N) is 1. The Morgan fingerprint density at radius 2 is 1.67 bits per heavy atom. The summed E-state index contributed by atoms with van der Waals surface area (Å²) in [5, 5.41) is 4.39. The van der Waals surface area contributed by atoms with Crippen LogP contribution in [0.1, 0.15) is 40.8 Å². The number of hydrogen-bond acceptors (Lipinski definition) is 1. The Bertz CT molecular complexity index is 652. The molecular formula is C18H21BrClN. The SMILES string of the molecule is CCNC(c1cc(Br)ccc1C)c1cc(C)c(C)cc1Cl. The van der Waals surface area contributed by atoms with Crippen LogP contribution in [0.15, 0.2) is 34.8 Å². The van der Waals surface area contributed by atoms with Crippen LogP contribution in [0.3, 0.4) is 0 Å². The molecule has 0 bridgehead atoms. The molecule has 1 nitrogen and oxygen atoms in total. The van der Waals surface area contributed by atoms with E-state index in [4.69, 9.17) is 11.6 Å². The van der Waals surface area contributed by atoms with Crippen molar-refractivity contribution in [3.8, 4) is 0 Å².